The van der Waals surface area contributed by atoms with Gasteiger partial charge in [-0.3, -0.25) is 0 Å². The summed E-state index contributed by atoms with van der Waals surface area (Å²) in [6, 6.07) is 0. The summed E-state index contributed by atoms with van der Waals surface area (Å²) in [7, 11) is 0. The van der Waals surface area contributed by atoms with Crippen LogP contribution < -0.4 is 0 Å². The summed E-state index contributed by atoms with van der Waals surface area (Å²) in [5.74, 6) is 0. The molecule has 0 saturated heterocycles. The summed E-state index contributed by atoms with van der Waals surface area (Å²) in [5, 5.41) is 0. The number of hydrogen-bond acceptors (Lipinski definition) is 2. The van der Waals surface area contributed by atoms with Crippen molar-refractivity contribution < 1.29 is 29.4 Å². The van der Waals surface area contributed by atoms with Gasteiger partial charge in [0.25, 0.3) is 0 Å². The quantitative estimate of drug-likeness (QED) is 0.287. The average Bonchev–Trinajstić information content (AvgIpc) is 1.52. The molecule has 0 spiro atoms. The molecule has 10 heteroatoms. The summed E-state index contributed by atoms with van der Waals surface area (Å²) < 4.78 is 0. The molecule has 0 fully saturated rings. The molecule has 0 heterocycles. The highest BCUT2D eigenvalue weighted by atomic mass is 32.5. The van der Waals surface area contributed by atoms with Gasteiger partial charge in [-0.15, -0.1) is 6.58 Å². The summed E-state index contributed by atoms with van der Waals surface area (Å²) in [6.45, 7) is -2.36. The molecular formula is C5H20O6P2S2. The molecule has 0 saturated carbocycles. The Hall–Kier alpha value is 0.800. The lowest BCUT2D eigenvalue weighted by Crippen LogP contribution is -1.65. The fraction of sp³-hybridized carbons (Fsp3) is 0.600. The van der Waals surface area contributed by atoms with E-state index in [-0.39, 0.29) is 14.9 Å². The Labute approximate surface area is 101 Å². The van der Waals surface area contributed by atoms with E-state index in [0.29, 0.717) is 0 Å². The third kappa shape index (κ3) is 3790. The van der Waals surface area contributed by atoms with Crippen molar-refractivity contribution in [2.45, 2.75) is 21.8 Å². The summed E-state index contributed by atoms with van der Waals surface area (Å²) in [4.78, 5) is 45.3. The molecule has 0 aromatic heterocycles. The standard InChI is InChI=1S/C3H6.2CH4.2H3O3PS/c1-3-2;;;2*1-4(2,3)5/h3H,1H2,2H3;2*1H4;2*(H3,1,2,3,5). The first kappa shape index (κ1) is 29.7. The lowest BCUT2D eigenvalue weighted by atomic mass is 10.8. The van der Waals surface area contributed by atoms with Crippen molar-refractivity contribution in [2.24, 2.45) is 0 Å². The second-order valence-electron chi connectivity index (χ2n) is 1.43. The Kier molecular flexibility index (Phi) is 29.3. The fourth-order valence-corrected chi connectivity index (χ4v) is 0. The first-order valence-corrected chi connectivity index (χ1v) is 7.87. The zero-order valence-electron chi connectivity index (χ0n) is 6.68. The molecular weight excluding hydrogens is 282 g/mol. The highest BCUT2D eigenvalue weighted by Crippen LogP contribution is 2.26. The van der Waals surface area contributed by atoms with Crippen LogP contribution in [0.15, 0.2) is 12.7 Å². The summed E-state index contributed by atoms with van der Waals surface area (Å²) in [6.07, 6.45) is 1.75. The van der Waals surface area contributed by atoms with Crippen LogP contribution in [0.25, 0.3) is 0 Å². The van der Waals surface area contributed by atoms with Crippen molar-refractivity contribution in [1.82, 2.24) is 0 Å². The van der Waals surface area contributed by atoms with E-state index in [1.54, 1.807) is 6.08 Å². The Balaban J connectivity index is -0.0000000322. The van der Waals surface area contributed by atoms with Gasteiger partial charge in [0.05, 0.1) is 0 Å². The van der Waals surface area contributed by atoms with Crippen LogP contribution in [-0.4, -0.2) is 29.4 Å². The van der Waals surface area contributed by atoms with Crippen molar-refractivity contribution in [3.63, 3.8) is 0 Å². The van der Waals surface area contributed by atoms with Gasteiger partial charge in [-0.25, -0.2) is 0 Å². The fourth-order valence-electron chi connectivity index (χ4n) is 0. The Bertz CT molecular complexity index is 173. The van der Waals surface area contributed by atoms with Crippen molar-refractivity contribution in [2.75, 3.05) is 0 Å². The van der Waals surface area contributed by atoms with Crippen molar-refractivity contribution in [3.05, 3.63) is 12.7 Å². The van der Waals surface area contributed by atoms with Crippen LogP contribution in [0.3, 0.4) is 0 Å². The molecule has 0 atom stereocenters. The van der Waals surface area contributed by atoms with Crippen molar-refractivity contribution >= 4 is 37.1 Å². The van der Waals surface area contributed by atoms with Crippen LogP contribution in [0, 0.1) is 0 Å². The van der Waals surface area contributed by atoms with Gasteiger partial charge in [-0.1, -0.05) is 20.9 Å². The molecule has 0 amide bonds. The minimum atomic E-state index is -3.81. The maximum absolute atomic E-state index is 7.56. The predicted octanol–water partition coefficient (Wildman–Crippen LogP) is 0.840. The first-order valence-electron chi connectivity index (χ1n) is 2.55. The Morgan fingerprint density at radius 2 is 0.867 bits per heavy atom. The SMILES string of the molecule is C.C.C=CC.OP(O)(O)=S.OP(O)(O)=S. The third-order valence-corrected chi connectivity index (χ3v) is 0. The van der Waals surface area contributed by atoms with Gasteiger partial charge in [-0.05, 0) is 30.5 Å². The van der Waals surface area contributed by atoms with E-state index >= 15 is 0 Å². The predicted molar refractivity (Wildman–Crippen MR) is 71.2 cm³/mol. The highest BCUT2D eigenvalue weighted by molar-refractivity contribution is 8.06. The van der Waals surface area contributed by atoms with E-state index in [2.05, 4.69) is 30.2 Å². The summed E-state index contributed by atoms with van der Waals surface area (Å²) in [5.41, 5.74) is 0. The van der Waals surface area contributed by atoms with E-state index < -0.39 is 13.4 Å². The maximum atomic E-state index is 7.56. The molecule has 0 aliphatic rings. The smallest absolute Gasteiger partial charge is 0.319 e. The van der Waals surface area contributed by atoms with Gasteiger partial charge < -0.3 is 29.4 Å². The Morgan fingerprint density at radius 1 is 0.867 bits per heavy atom. The molecule has 0 aliphatic carbocycles. The van der Waals surface area contributed by atoms with E-state index in [1.165, 1.54) is 0 Å². The number of hydrogen-bond donors (Lipinski definition) is 6. The van der Waals surface area contributed by atoms with Crippen LogP contribution >= 0.6 is 13.4 Å². The topological polar surface area (TPSA) is 121 Å². The van der Waals surface area contributed by atoms with Crippen LogP contribution in [0.2, 0.25) is 0 Å². The van der Waals surface area contributed by atoms with Crippen molar-refractivity contribution in [3.8, 4) is 0 Å². The lowest BCUT2D eigenvalue weighted by molar-refractivity contribution is 0.361. The van der Waals surface area contributed by atoms with E-state index in [4.69, 9.17) is 29.4 Å². The second kappa shape index (κ2) is 14.8. The molecule has 6 N–H and O–H groups in total. The number of allylic oxidation sites excluding steroid dienone is 1. The molecule has 15 heavy (non-hydrogen) atoms. The molecule has 0 rings (SSSR count). The maximum Gasteiger partial charge on any atom is 0.319 e. The monoisotopic (exact) mass is 302 g/mol. The molecule has 0 aromatic carbocycles. The van der Waals surface area contributed by atoms with Gasteiger partial charge in [0.2, 0.25) is 0 Å². The minimum absolute atomic E-state index is 0. The van der Waals surface area contributed by atoms with Gasteiger partial charge in [-0.2, -0.15) is 0 Å². The third-order valence-electron chi connectivity index (χ3n) is 0. The van der Waals surface area contributed by atoms with Gasteiger partial charge in [0.1, 0.15) is 0 Å². The van der Waals surface area contributed by atoms with Gasteiger partial charge >= 0.3 is 13.4 Å². The molecule has 0 radical (unpaired) electrons. The molecule has 6 nitrogen and oxygen atoms in total. The molecule has 0 aliphatic heterocycles. The zero-order chi connectivity index (χ0) is 11.7. The average molecular weight is 302 g/mol. The highest BCUT2D eigenvalue weighted by Gasteiger charge is 1.92. The second-order valence-corrected chi connectivity index (χ2v) is 6.43. The largest absolute Gasteiger partial charge is 0.325 e. The molecule has 0 unspecified atom stereocenters. The van der Waals surface area contributed by atoms with E-state index in [1.807, 2.05) is 6.92 Å². The van der Waals surface area contributed by atoms with E-state index in [9.17, 15) is 0 Å². The minimum Gasteiger partial charge on any atom is -0.325 e. The normalized spacial score (nSPS) is 8.73. The first-order chi connectivity index (χ1) is 5.41. The van der Waals surface area contributed by atoms with Crippen LogP contribution in [0.4, 0.5) is 0 Å². The molecule has 0 bridgehead atoms. The van der Waals surface area contributed by atoms with Crippen LogP contribution in [0.5, 0.6) is 0 Å². The van der Waals surface area contributed by atoms with E-state index in [0.717, 1.165) is 0 Å². The number of rotatable bonds is 0. The Morgan fingerprint density at radius 3 is 0.867 bits per heavy atom. The molecule has 98 valence electrons. The van der Waals surface area contributed by atoms with Gasteiger partial charge in [0.15, 0.2) is 0 Å². The lowest BCUT2D eigenvalue weighted by Gasteiger charge is -1.88. The van der Waals surface area contributed by atoms with Crippen molar-refractivity contribution in [1.29, 1.82) is 0 Å². The van der Waals surface area contributed by atoms with Crippen LogP contribution in [0.1, 0.15) is 21.8 Å². The summed E-state index contributed by atoms with van der Waals surface area (Å²) >= 11 is 7.21. The van der Waals surface area contributed by atoms with Crippen LogP contribution in [-0.2, 0) is 23.6 Å². The molecule has 0 aromatic rings. The zero-order valence-corrected chi connectivity index (χ0v) is 10.1. The van der Waals surface area contributed by atoms with Gasteiger partial charge in [0, 0.05) is 0 Å².